The molecule has 0 aliphatic carbocycles. The second-order valence-corrected chi connectivity index (χ2v) is 10.9. The predicted molar refractivity (Wildman–Crippen MR) is 204 cm³/mol. The third-order valence-electron chi connectivity index (χ3n) is 7.83. The van der Waals surface area contributed by atoms with Gasteiger partial charge in [-0.15, -0.1) is 0 Å². The van der Waals surface area contributed by atoms with Crippen LogP contribution in [0.15, 0.2) is 206 Å². The van der Waals surface area contributed by atoms with Gasteiger partial charge in [-0.3, -0.25) is 0 Å². The molecule has 0 aliphatic rings. The van der Waals surface area contributed by atoms with Crippen LogP contribution in [0.2, 0.25) is 0 Å². The second-order valence-electron chi connectivity index (χ2n) is 10.9. The summed E-state index contributed by atoms with van der Waals surface area (Å²) < 4.78 is 110. The summed E-state index contributed by atoms with van der Waals surface area (Å²) in [5.74, 6) is 0. The van der Waals surface area contributed by atoms with E-state index in [2.05, 4.69) is 0 Å². The zero-order chi connectivity index (χ0) is 42.6. The van der Waals surface area contributed by atoms with Crippen LogP contribution in [0.25, 0.3) is 33.0 Å². The van der Waals surface area contributed by atoms with Gasteiger partial charge in [0.15, 0.2) is 0 Å². The van der Waals surface area contributed by atoms with E-state index in [9.17, 15) is 5.48 Å². The largest absolute Gasteiger partial charge is 0.311 e. The van der Waals surface area contributed by atoms with Crippen molar-refractivity contribution in [2.24, 2.45) is 0 Å². The summed E-state index contributed by atoms with van der Waals surface area (Å²) in [6.45, 7) is 0. The van der Waals surface area contributed by atoms with E-state index in [1.165, 1.54) is 0 Å². The van der Waals surface area contributed by atoms with E-state index >= 15 is 0 Å². The number of hydrogen-bond donors (Lipinski definition) is 0. The Balaban J connectivity index is 1.31. The molecule has 0 aromatic heterocycles. The summed E-state index contributed by atoms with van der Waals surface area (Å²) >= 11 is 0. The first kappa shape index (κ1) is 18.7. The number of benzene rings is 8. The minimum atomic E-state index is -0.731. The standard InChI is InChI=1S/C46H34N2/c1-4-14-41(15-5-1)47(42-16-6-2-7-17-42)44-29-24-38(25-30-44)36-20-22-37(23-21-36)39-26-31-45(32-27-39)48(43-18-8-3-9-19-43)46-33-28-35-12-10-11-13-40(35)34-46/h1-34H/i20D,21D,22D,23D,24D,25D,26D,27D,29D,30D,31D,32D. The molecular weight excluding hydrogens is 581 g/mol. The van der Waals surface area contributed by atoms with Gasteiger partial charge >= 0.3 is 0 Å². The number of rotatable bonds is 8. The zero-order valence-electron chi connectivity index (χ0n) is 37.6. The summed E-state index contributed by atoms with van der Waals surface area (Å²) in [7, 11) is 0. The average Bonchev–Trinajstić information content (AvgIpc) is 3.27. The van der Waals surface area contributed by atoms with Crippen molar-refractivity contribution in [2.75, 3.05) is 9.80 Å². The molecule has 2 nitrogen and oxygen atoms in total. The van der Waals surface area contributed by atoms with E-state index in [0.29, 0.717) is 22.7 Å². The van der Waals surface area contributed by atoms with Crippen molar-refractivity contribution in [1.29, 1.82) is 0 Å². The molecule has 0 bridgehead atoms. The molecule has 0 radical (unpaired) electrons. The van der Waals surface area contributed by atoms with Crippen LogP contribution in [0.1, 0.15) is 16.4 Å². The van der Waals surface area contributed by atoms with E-state index in [1.54, 1.807) is 94.7 Å². The Labute approximate surface area is 299 Å². The fourth-order valence-electron chi connectivity index (χ4n) is 5.51. The molecule has 8 rings (SSSR count). The fraction of sp³-hybridized carbons (Fsp3) is 0. The predicted octanol–water partition coefficient (Wildman–Crippen LogP) is 13.1. The quantitative estimate of drug-likeness (QED) is 0.166. The molecule has 0 amide bonds. The van der Waals surface area contributed by atoms with Gasteiger partial charge < -0.3 is 9.80 Å². The first-order valence-electron chi connectivity index (χ1n) is 21.4. The SMILES string of the molecule is [2H]c1c([2H])c(-c2c([2H])c([2H])c(N(c3ccccc3)c3ccc4ccccc4c3)c([2H])c2[2H])c([2H])c([2H])c1-c1c([2H])c([2H])c(N(c2ccccc2)c2ccccc2)c([2H])c1[2H]. The molecule has 228 valence electrons. The second kappa shape index (κ2) is 13.2. The fourth-order valence-corrected chi connectivity index (χ4v) is 5.51. The number of nitrogens with zero attached hydrogens (tertiary/aromatic N) is 2. The highest BCUT2D eigenvalue weighted by molar-refractivity contribution is 5.89. The lowest BCUT2D eigenvalue weighted by molar-refractivity contribution is 1.28. The number of fused-ring (bicyclic) bond motifs is 1. The molecule has 8 aromatic carbocycles. The van der Waals surface area contributed by atoms with E-state index in [0.717, 1.165) is 10.8 Å². The Hall–Kier alpha value is -6.38. The lowest BCUT2D eigenvalue weighted by atomic mass is 9.99. The summed E-state index contributed by atoms with van der Waals surface area (Å²) in [6, 6.07) is 32.7. The van der Waals surface area contributed by atoms with Crippen LogP contribution < -0.4 is 9.80 Å². The molecule has 0 N–H and O–H groups in total. The number of hydrogen-bond acceptors (Lipinski definition) is 2. The lowest BCUT2D eigenvalue weighted by Crippen LogP contribution is -2.09. The Morgan fingerprint density at radius 3 is 1.02 bits per heavy atom. The molecule has 0 aliphatic heterocycles. The van der Waals surface area contributed by atoms with Crippen LogP contribution in [-0.2, 0) is 0 Å². The van der Waals surface area contributed by atoms with E-state index in [-0.39, 0.29) is 11.4 Å². The van der Waals surface area contributed by atoms with Gasteiger partial charge in [-0.05, 0) is 106 Å². The first-order valence-corrected chi connectivity index (χ1v) is 15.4. The topological polar surface area (TPSA) is 6.48 Å². The summed E-state index contributed by atoms with van der Waals surface area (Å²) in [5.41, 5.74) is 0.132. The van der Waals surface area contributed by atoms with Gasteiger partial charge in [0.25, 0.3) is 0 Å². The lowest BCUT2D eigenvalue weighted by Gasteiger charge is -2.26. The normalized spacial score (nSPS) is 14.4. The van der Waals surface area contributed by atoms with Crippen molar-refractivity contribution < 1.29 is 16.4 Å². The van der Waals surface area contributed by atoms with Crippen LogP contribution in [0.5, 0.6) is 0 Å². The van der Waals surface area contributed by atoms with E-state index < -0.39 is 94.8 Å². The highest BCUT2D eigenvalue weighted by Crippen LogP contribution is 2.38. The van der Waals surface area contributed by atoms with Crippen LogP contribution in [0.4, 0.5) is 34.1 Å². The minimum absolute atomic E-state index is 0.0880. The molecule has 8 aromatic rings. The monoisotopic (exact) mass is 626 g/mol. The molecule has 0 fully saturated rings. The van der Waals surface area contributed by atoms with Crippen LogP contribution in [0, 0.1) is 0 Å². The molecule has 0 heterocycles. The maximum atomic E-state index is 9.28. The molecule has 48 heavy (non-hydrogen) atoms. The van der Waals surface area contributed by atoms with E-state index in [1.807, 2.05) is 48.5 Å². The van der Waals surface area contributed by atoms with Gasteiger partial charge in [-0.2, -0.15) is 0 Å². The highest BCUT2D eigenvalue weighted by atomic mass is 15.1. The summed E-state index contributed by atoms with van der Waals surface area (Å²) in [4.78, 5) is 3.19. The number of anilines is 6. The molecule has 0 unspecified atom stereocenters. The van der Waals surface area contributed by atoms with Gasteiger partial charge in [0, 0.05) is 34.1 Å². The Morgan fingerprint density at radius 2 is 0.604 bits per heavy atom. The molecular formula is C46H34N2. The number of para-hydroxylation sites is 3. The van der Waals surface area contributed by atoms with Crippen molar-refractivity contribution >= 4 is 44.9 Å². The smallest absolute Gasteiger partial charge is 0.0645 e. The molecule has 0 spiro atoms. The maximum Gasteiger partial charge on any atom is 0.0645 e. The molecule has 0 atom stereocenters. The van der Waals surface area contributed by atoms with Crippen molar-refractivity contribution in [3.05, 3.63) is 206 Å². The van der Waals surface area contributed by atoms with Gasteiger partial charge in [0.05, 0.1) is 16.4 Å². The van der Waals surface area contributed by atoms with Crippen LogP contribution in [0.3, 0.4) is 0 Å². The van der Waals surface area contributed by atoms with Crippen molar-refractivity contribution in [2.45, 2.75) is 0 Å². The minimum Gasteiger partial charge on any atom is -0.311 e. The summed E-state index contributed by atoms with van der Waals surface area (Å²) in [5, 5.41) is 1.84. The Kier molecular flexibility index (Phi) is 5.12. The summed E-state index contributed by atoms with van der Waals surface area (Å²) in [6.07, 6.45) is 0. The maximum absolute atomic E-state index is 9.28. The molecule has 0 saturated heterocycles. The third kappa shape index (κ3) is 5.95. The zero-order valence-corrected chi connectivity index (χ0v) is 25.6. The van der Waals surface area contributed by atoms with Crippen molar-refractivity contribution in [3.8, 4) is 22.3 Å². The molecule has 0 saturated carbocycles. The van der Waals surface area contributed by atoms with Crippen LogP contribution in [-0.4, -0.2) is 0 Å². The average molecular weight is 627 g/mol. The van der Waals surface area contributed by atoms with Crippen molar-refractivity contribution in [1.82, 2.24) is 0 Å². The molecule has 2 heteroatoms. The highest BCUT2D eigenvalue weighted by Gasteiger charge is 2.14. The van der Waals surface area contributed by atoms with Gasteiger partial charge in [0.2, 0.25) is 0 Å². The van der Waals surface area contributed by atoms with Gasteiger partial charge in [0.1, 0.15) is 0 Å². The Morgan fingerprint density at radius 1 is 0.271 bits per heavy atom. The van der Waals surface area contributed by atoms with E-state index in [4.69, 9.17) is 11.0 Å². The van der Waals surface area contributed by atoms with Gasteiger partial charge in [-0.25, -0.2) is 0 Å². The Bertz CT molecular complexity index is 2840. The van der Waals surface area contributed by atoms with Gasteiger partial charge in [-0.1, -0.05) is 133 Å². The first-order chi connectivity index (χ1) is 28.8. The van der Waals surface area contributed by atoms with Crippen LogP contribution >= 0.6 is 0 Å². The van der Waals surface area contributed by atoms with Crippen molar-refractivity contribution in [3.63, 3.8) is 0 Å². The third-order valence-corrected chi connectivity index (χ3v) is 7.83.